The monoisotopic (exact) mass is 490 g/mol. The van der Waals surface area contributed by atoms with Gasteiger partial charge in [-0.3, -0.25) is 13.9 Å². The van der Waals surface area contributed by atoms with Crippen LogP contribution in [-0.2, 0) is 16.4 Å². The maximum atomic E-state index is 13.3. The van der Waals surface area contributed by atoms with Crippen LogP contribution in [0, 0.1) is 0 Å². The van der Waals surface area contributed by atoms with Crippen molar-refractivity contribution in [3.05, 3.63) is 94.3 Å². The number of benzene rings is 3. The van der Waals surface area contributed by atoms with Gasteiger partial charge in [0.1, 0.15) is 11.3 Å². The minimum absolute atomic E-state index is 0.102. The average Bonchev–Trinajstić information content (AvgIpc) is 2.88. The number of anilines is 2. The average molecular weight is 491 g/mol. The van der Waals surface area contributed by atoms with Crippen molar-refractivity contribution in [2.45, 2.75) is 17.7 Å². The number of sulfonamides is 1. The molecule has 0 radical (unpaired) electrons. The maximum Gasteiger partial charge on any atom is 0.291 e. The van der Waals surface area contributed by atoms with E-state index in [1.165, 1.54) is 29.6 Å². The molecule has 0 unspecified atom stereocenters. The molecule has 8 nitrogen and oxygen atoms in total. The molecule has 1 aromatic heterocycles. The molecule has 0 atom stereocenters. The normalized spacial score (nSPS) is 13.3. The van der Waals surface area contributed by atoms with Crippen LogP contribution in [0.1, 0.15) is 22.5 Å². The van der Waals surface area contributed by atoms with E-state index in [1.54, 1.807) is 54.6 Å². The van der Waals surface area contributed by atoms with Crippen LogP contribution in [0.5, 0.6) is 5.75 Å². The highest BCUT2D eigenvalue weighted by Gasteiger charge is 2.29. The van der Waals surface area contributed by atoms with Gasteiger partial charge in [0.2, 0.25) is 0 Å². The Morgan fingerprint density at radius 2 is 1.80 bits per heavy atom. The molecule has 0 aliphatic carbocycles. The van der Waals surface area contributed by atoms with Crippen LogP contribution >= 0.6 is 0 Å². The zero-order chi connectivity index (χ0) is 24.6. The van der Waals surface area contributed by atoms with Crippen molar-refractivity contribution >= 4 is 38.3 Å². The van der Waals surface area contributed by atoms with E-state index in [2.05, 4.69) is 5.32 Å². The largest absolute Gasteiger partial charge is 0.497 e. The second-order valence-electron chi connectivity index (χ2n) is 8.12. The molecule has 0 fully saturated rings. The van der Waals surface area contributed by atoms with Gasteiger partial charge in [-0.1, -0.05) is 12.1 Å². The molecular formula is C26H22N2O6S. The van der Waals surface area contributed by atoms with Crippen LogP contribution in [-0.4, -0.2) is 28.0 Å². The number of hydrogen-bond acceptors (Lipinski definition) is 6. The van der Waals surface area contributed by atoms with Gasteiger partial charge in [-0.2, -0.15) is 0 Å². The van der Waals surface area contributed by atoms with E-state index >= 15 is 0 Å². The third-order valence-corrected chi connectivity index (χ3v) is 7.75. The van der Waals surface area contributed by atoms with Gasteiger partial charge in [0.15, 0.2) is 11.2 Å². The Morgan fingerprint density at radius 3 is 2.57 bits per heavy atom. The van der Waals surface area contributed by atoms with Gasteiger partial charge < -0.3 is 14.5 Å². The number of methoxy groups -OCH3 is 1. The molecule has 1 amide bonds. The summed E-state index contributed by atoms with van der Waals surface area (Å²) >= 11 is 0. The molecule has 0 bridgehead atoms. The lowest BCUT2D eigenvalue weighted by Gasteiger charge is -2.31. The summed E-state index contributed by atoms with van der Waals surface area (Å²) < 4.78 is 38.7. The second-order valence-corrected chi connectivity index (χ2v) is 9.99. The number of para-hydroxylation sites is 1. The Hall–Kier alpha value is -4.11. The second kappa shape index (κ2) is 8.92. The van der Waals surface area contributed by atoms with Crippen molar-refractivity contribution in [2.24, 2.45) is 0 Å². The fourth-order valence-electron chi connectivity index (χ4n) is 4.17. The van der Waals surface area contributed by atoms with Crippen LogP contribution in [0.25, 0.3) is 11.0 Å². The standard InChI is InChI=1S/C26H22N2O6S/c1-33-19-9-11-20(12-10-19)35(31,32)28-14-4-5-17-15-18(8-13-22(17)28)27-26(30)25-16-23(29)21-6-2-3-7-24(21)34-25/h2-3,6-13,15-16H,4-5,14H2,1H3,(H,27,30). The van der Waals surface area contributed by atoms with E-state index in [1.807, 2.05) is 0 Å². The number of amides is 1. The lowest BCUT2D eigenvalue weighted by molar-refractivity contribution is 0.0997. The highest BCUT2D eigenvalue weighted by molar-refractivity contribution is 7.92. The third kappa shape index (κ3) is 4.26. The highest BCUT2D eigenvalue weighted by Crippen LogP contribution is 2.34. The summed E-state index contributed by atoms with van der Waals surface area (Å²) in [5.74, 6) is -0.0907. The summed E-state index contributed by atoms with van der Waals surface area (Å²) in [5, 5.41) is 3.14. The van der Waals surface area contributed by atoms with Gasteiger partial charge >= 0.3 is 0 Å². The summed E-state index contributed by atoms with van der Waals surface area (Å²) in [7, 11) is -2.24. The smallest absolute Gasteiger partial charge is 0.291 e. The first-order valence-electron chi connectivity index (χ1n) is 11.0. The summed E-state index contributed by atoms with van der Waals surface area (Å²) in [6.45, 7) is 0.356. The van der Waals surface area contributed by atoms with Crippen molar-refractivity contribution in [3.8, 4) is 5.75 Å². The number of nitrogens with zero attached hydrogens (tertiary/aromatic N) is 1. The Bertz CT molecular complexity index is 1590. The molecule has 1 aliphatic rings. The van der Waals surface area contributed by atoms with E-state index in [9.17, 15) is 18.0 Å². The Morgan fingerprint density at radius 1 is 1.03 bits per heavy atom. The number of fused-ring (bicyclic) bond motifs is 2. The van der Waals surface area contributed by atoms with Crippen LogP contribution in [0.4, 0.5) is 11.4 Å². The molecule has 1 aliphatic heterocycles. The molecule has 1 N–H and O–H groups in total. The summed E-state index contributed by atoms with van der Waals surface area (Å²) in [6.07, 6.45) is 1.30. The Labute approximate surface area is 201 Å². The van der Waals surface area contributed by atoms with Gasteiger partial charge in [-0.25, -0.2) is 8.42 Å². The van der Waals surface area contributed by atoms with Crippen molar-refractivity contribution < 1.29 is 22.4 Å². The molecule has 3 aromatic carbocycles. The molecule has 35 heavy (non-hydrogen) atoms. The molecule has 0 saturated carbocycles. The third-order valence-electron chi connectivity index (χ3n) is 5.92. The quantitative estimate of drug-likeness (QED) is 0.450. The van der Waals surface area contributed by atoms with Gasteiger partial charge in [0.05, 0.1) is 23.1 Å². The molecule has 4 aromatic rings. The lowest BCUT2D eigenvalue weighted by Crippen LogP contribution is -2.35. The summed E-state index contributed by atoms with van der Waals surface area (Å²) in [6, 6.07) is 19.2. The van der Waals surface area contributed by atoms with Gasteiger partial charge in [-0.05, 0) is 73.0 Å². The molecule has 2 heterocycles. The van der Waals surface area contributed by atoms with E-state index in [4.69, 9.17) is 9.15 Å². The molecule has 0 spiro atoms. The minimum atomic E-state index is -3.76. The SMILES string of the molecule is COc1ccc(S(=O)(=O)N2CCCc3cc(NC(=O)c4cc(=O)c5ccccc5o4)ccc32)cc1. The van der Waals surface area contributed by atoms with Crippen molar-refractivity contribution in [3.63, 3.8) is 0 Å². The topological polar surface area (TPSA) is 106 Å². The Kier molecular flexibility index (Phi) is 5.78. The number of hydrogen-bond donors (Lipinski definition) is 1. The van der Waals surface area contributed by atoms with Crippen molar-refractivity contribution in [1.82, 2.24) is 0 Å². The number of ether oxygens (including phenoxy) is 1. The van der Waals surface area contributed by atoms with E-state index < -0.39 is 15.9 Å². The van der Waals surface area contributed by atoms with Crippen molar-refractivity contribution in [1.29, 1.82) is 0 Å². The van der Waals surface area contributed by atoms with Crippen LogP contribution in [0.2, 0.25) is 0 Å². The van der Waals surface area contributed by atoms with E-state index in [0.29, 0.717) is 47.5 Å². The van der Waals surface area contributed by atoms with Gasteiger partial charge in [-0.15, -0.1) is 0 Å². The van der Waals surface area contributed by atoms with Crippen LogP contribution in [0.15, 0.2) is 86.9 Å². The summed E-state index contributed by atoms with van der Waals surface area (Å²) in [4.78, 5) is 25.3. The zero-order valence-electron chi connectivity index (χ0n) is 18.9. The first-order chi connectivity index (χ1) is 16.9. The predicted molar refractivity (Wildman–Crippen MR) is 133 cm³/mol. The van der Waals surface area contributed by atoms with E-state index in [-0.39, 0.29) is 16.1 Å². The maximum absolute atomic E-state index is 13.3. The minimum Gasteiger partial charge on any atom is -0.497 e. The van der Waals surface area contributed by atoms with Crippen LogP contribution < -0.4 is 19.8 Å². The number of carbonyl (C=O) groups excluding carboxylic acids is 1. The van der Waals surface area contributed by atoms with Gasteiger partial charge in [0, 0.05) is 18.3 Å². The highest BCUT2D eigenvalue weighted by atomic mass is 32.2. The first-order valence-corrected chi connectivity index (χ1v) is 12.4. The molecule has 5 rings (SSSR count). The lowest BCUT2D eigenvalue weighted by atomic mass is 10.0. The fraction of sp³-hybridized carbons (Fsp3) is 0.154. The predicted octanol–water partition coefficient (Wildman–Crippen LogP) is 4.20. The number of rotatable bonds is 5. The number of nitrogens with one attached hydrogen (secondary N) is 1. The molecule has 0 saturated heterocycles. The molecule has 9 heteroatoms. The summed E-state index contributed by atoms with van der Waals surface area (Å²) in [5.41, 5.74) is 1.87. The van der Waals surface area contributed by atoms with Gasteiger partial charge in [0.25, 0.3) is 15.9 Å². The van der Waals surface area contributed by atoms with Crippen molar-refractivity contribution in [2.75, 3.05) is 23.3 Å². The number of carbonyl (C=O) groups is 1. The first kappa shape index (κ1) is 22.7. The van der Waals surface area contributed by atoms with Crippen LogP contribution in [0.3, 0.4) is 0 Å². The van der Waals surface area contributed by atoms with E-state index in [0.717, 1.165) is 5.56 Å². The number of aryl methyl sites for hydroxylation is 1. The molecule has 178 valence electrons. The Balaban J connectivity index is 1.41. The fourth-order valence-corrected chi connectivity index (χ4v) is 5.71. The molecular weight excluding hydrogens is 468 g/mol. The zero-order valence-corrected chi connectivity index (χ0v) is 19.7.